The predicted molar refractivity (Wildman–Crippen MR) is 85.9 cm³/mol. The zero-order valence-corrected chi connectivity index (χ0v) is 13.5. The Balaban J connectivity index is 1.54. The molecular formula is C17H14F3N5O. The first-order valence-corrected chi connectivity index (χ1v) is 8.03. The van der Waals surface area contributed by atoms with Gasteiger partial charge in [0.1, 0.15) is 0 Å². The summed E-state index contributed by atoms with van der Waals surface area (Å²) in [4.78, 5) is 8.38. The second-order valence-electron chi connectivity index (χ2n) is 6.13. The van der Waals surface area contributed by atoms with Crippen LogP contribution in [0.4, 0.5) is 19.1 Å². The molecule has 0 spiro atoms. The summed E-state index contributed by atoms with van der Waals surface area (Å²) in [5.74, 6) is -1.27. The van der Waals surface area contributed by atoms with Gasteiger partial charge in [-0.15, -0.1) is 10.2 Å². The van der Waals surface area contributed by atoms with Gasteiger partial charge in [0.2, 0.25) is 5.95 Å². The number of nitrogens with zero attached hydrogens (tertiary/aromatic N) is 4. The molecule has 1 aromatic carbocycles. The van der Waals surface area contributed by atoms with E-state index < -0.39 is 12.1 Å². The smallest absolute Gasteiger partial charge is 0.413 e. The Morgan fingerprint density at radius 3 is 2.23 bits per heavy atom. The molecule has 0 unspecified atom stereocenters. The van der Waals surface area contributed by atoms with Gasteiger partial charge >= 0.3 is 12.1 Å². The van der Waals surface area contributed by atoms with Crippen LogP contribution in [-0.4, -0.2) is 20.2 Å². The van der Waals surface area contributed by atoms with Crippen molar-refractivity contribution >= 4 is 5.95 Å². The maximum Gasteiger partial charge on any atom is 0.470 e. The molecule has 3 aromatic rings. The van der Waals surface area contributed by atoms with Gasteiger partial charge in [0.05, 0.1) is 11.1 Å². The molecule has 4 rings (SSSR count). The fourth-order valence-corrected chi connectivity index (χ4v) is 2.94. The van der Waals surface area contributed by atoms with Crippen LogP contribution in [0.3, 0.4) is 0 Å². The summed E-state index contributed by atoms with van der Waals surface area (Å²) in [5, 5.41) is 9.74. The number of halogens is 3. The third-order valence-electron chi connectivity index (χ3n) is 4.45. The normalized spacial score (nSPS) is 16.1. The number of hydrogen-bond donors (Lipinski definition) is 1. The van der Waals surface area contributed by atoms with Crippen LogP contribution in [0.2, 0.25) is 0 Å². The molecule has 1 fully saturated rings. The average molecular weight is 361 g/mol. The van der Waals surface area contributed by atoms with E-state index in [4.69, 9.17) is 0 Å². The molecule has 0 aliphatic heterocycles. The second kappa shape index (κ2) is 6.08. The monoisotopic (exact) mass is 361 g/mol. The molecule has 6 nitrogen and oxygen atoms in total. The third-order valence-corrected chi connectivity index (χ3v) is 4.45. The molecule has 2 aromatic heterocycles. The van der Waals surface area contributed by atoms with Crippen LogP contribution in [0.5, 0.6) is 0 Å². The van der Waals surface area contributed by atoms with E-state index in [1.807, 2.05) is 18.2 Å². The van der Waals surface area contributed by atoms with Crippen molar-refractivity contribution in [1.82, 2.24) is 20.2 Å². The maximum absolute atomic E-state index is 12.5. The summed E-state index contributed by atoms with van der Waals surface area (Å²) in [6.07, 6.45) is 1.06. The lowest BCUT2D eigenvalue weighted by atomic mass is 9.72. The van der Waals surface area contributed by atoms with Crippen molar-refractivity contribution < 1.29 is 17.6 Å². The Kier molecular flexibility index (Phi) is 3.86. The van der Waals surface area contributed by atoms with Crippen molar-refractivity contribution in [3.8, 4) is 11.5 Å². The lowest BCUT2D eigenvalue weighted by Gasteiger charge is -2.43. The minimum Gasteiger partial charge on any atom is -0.413 e. The highest BCUT2D eigenvalue weighted by Gasteiger charge is 2.39. The van der Waals surface area contributed by atoms with Gasteiger partial charge in [-0.2, -0.15) is 13.2 Å². The SMILES string of the molecule is FC(F)(F)c1nnc(-c2cnc(NC3(c4ccccc4)CCC3)nc2)o1. The number of alkyl halides is 3. The lowest BCUT2D eigenvalue weighted by molar-refractivity contribution is -0.156. The van der Waals surface area contributed by atoms with Crippen LogP contribution in [-0.2, 0) is 11.7 Å². The minimum absolute atomic E-state index is 0.212. The van der Waals surface area contributed by atoms with Crippen molar-refractivity contribution in [2.45, 2.75) is 31.0 Å². The minimum atomic E-state index is -4.68. The van der Waals surface area contributed by atoms with Crippen molar-refractivity contribution in [3.05, 3.63) is 54.2 Å². The van der Waals surface area contributed by atoms with Crippen LogP contribution >= 0.6 is 0 Å². The molecule has 9 heteroatoms. The van der Waals surface area contributed by atoms with Gasteiger partial charge < -0.3 is 9.73 Å². The first-order chi connectivity index (χ1) is 12.5. The van der Waals surface area contributed by atoms with Crippen molar-refractivity contribution in [2.75, 3.05) is 5.32 Å². The standard InChI is InChI=1S/C17H14F3N5O/c18-17(19,20)14-25-24-13(26-14)11-9-21-15(22-10-11)23-16(7-4-8-16)12-5-2-1-3-6-12/h1-3,5-6,9-10H,4,7-8H2,(H,21,22,23). The molecule has 1 aliphatic carbocycles. The maximum atomic E-state index is 12.5. The van der Waals surface area contributed by atoms with Gasteiger partial charge in [-0.1, -0.05) is 30.3 Å². The van der Waals surface area contributed by atoms with E-state index in [2.05, 4.69) is 42.0 Å². The molecule has 1 saturated carbocycles. The van der Waals surface area contributed by atoms with Gasteiger partial charge in [-0.25, -0.2) is 9.97 Å². The molecule has 0 bridgehead atoms. The molecule has 26 heavy (non-hydrogen) atoms. The topological polar surface area (TPSA) is 76.7 Å². The number of rotatable bonds is 4. The molecule has 0 saturated heterocycles. The molecule has 1 N–H and O–H groups in total. The number of aromatic nitrogens is 4. The van der Waals surface area contributed by atoms with Crippen LogP contribution < -0.4 is 5.32 Å². The molecule has 2 heterocycles. The average Bonchev–Trinajstić information content (AvgIpc) is 3.10. The number of nitrogens with one attached hydrogen (secondary N) is 1. The van der Waals surface area contributed by atoms with E-state index >= 15 is 0 Å². The quantitative estimate of drug-likeness (QED) is 0.756. The molecule has 0 radical (unpaired) electrons. The Labute approximate surface area is 146 Å². The number of anilines is 1. The lowest BCUT2D eigenvalue weighted by Crippen LogP contribution is -2.42. The first-order valence-electron chi connectivity index (χ1n) is 8.03. The first kappa shape index (κ1) is 16.5. The van der Waals surface area contributed by atoms with Crippen LogP contribution in [0.15, 0.2) is 47.1 Å². The van der Waals surface area contributed by atoms with Crippen molar-refractivity contribution in [1.29, 1.82) is 0 Å². The molecule has 0 amide bonds. The van der Waals surface area contributed by atoms with Crippen LogP contribution in [0.1, 0.15) is 30.7 Å². The van der Waals surface area contributed by atoms with E-state index in [1.54, 1.807) is 0 Å². The van der Waals surface area contributed by atoms with E-state index in [-0.39, 0.29) is 17.0 Å². The highest BCUT2D eigenvalue weighted by atomic mass is 19.4. The fraction of sp³-hybridized carbons (Fsp3) is 0.294. The van der Waals surface area contributed by atoms with Gasteiger partial charge in [-0.05, 0) is 24.8 Å². The third kappa shape index (κ3) is 3.00. The summed E-state index contributed by atoms with van der Waals surface area (Å²) >= 11 is 0. The number of benzene rings is 1. The Morgan fingerprint density at radius 2 is 1.69 bits per heavy atom. The zero-order valence-electron chi connectivity index (χ0n) is 13.5. The van der Waals surface area contributed by atoms with Gasteiger partial charge in [0.15, 0.2) is 0 Å². The van der Waals surface area contributed by atoms with Crippen LogP contribution in [0.25, 0.3) is 11.5 Å². The molecule has 0 atom stereocenters. The summed E-state index contributed by atoms with van der Waals surface area (Å²) < 4.78 is 42.2. The Hall–Kier alpha value is -2.97. The van der Waals surface area contributed by atoms with Crippen molar-refractivity contribution in [2.24, 2.45) is 0 Å². The van der Waals surface area contributed by atoms with E-state index in [0.717, 1.165) is 24.8 Å². The second-order valence-corrected chi connectivity index (χ2v) is 6.13. The van der Waals surface area contributed by atoms with E-state index in [0.29, 0.717) is 5.95 Å². The predicted octanol–water partition coefficient (Wildman–Crippen LogP) is 4.04. The zero-order chi connectivity index (χ0) is 18.2. The summed E-state index contributed by atoms with van der Waals surface area (Å²) in [6, 6.07) is 10.0. The van der Waals surface area contributed by atoms with Crippen molar-refractivity contribution in [3.63, 3.8) is 0 Å². The largest absolute Gasteiger partial charge is 0.470 e. The summed E-state index contributed by atoms with van der Waals surface area (Å²) in [5.41, 5.74) is 1.17. The highest BCUT2D eigenvalue weighted by Crippen LogP contribution is 2.43. The Morgan fingerprint density at radius 1 is 1.00 bits per heavy atom. The molecular weight excluding hydrogens is 347 g/mol. The summed E-state index contributed by atoms with van der Waals surface area (Å²) in [6.45, 7) is 0. The van der Waals surface area contributed by atoms with Crippen LogP contribution in [0, 0.1) is 0 Å². The number of hydrogen-bond acceptors (Lipinski definition) is 6. The van der Waals surface area contributed by atoms with Gasteiger partial charge in [0, 0.05) is 12.4 Å². The Bertz CT molecular complexity index is 889. The molecule has 134 valence electrons. The molecule has 1 aliphatic rings. The van der Waals surface area contributed by atoms with Gasteiger partial charge in [-0.3, -0.25) is 0 Å². The fourth-order valence-electron chi connectivity index (χ4n) is 2.94. The van der Waals surface area contributed by atoms with Gasteiger partial charge in [0.25, 0.3) is 5.89 Å². The highest BCUT2D eigenvalue weighted by molar-refractivity contribution is 5.51. The van der Waals surface area contributed by atoms with E-state index in [9.17, 15) is 13.2 Å². The van der Waals surface area contributed by atoms with E-state index in [1.165, 1.54) is 12.4 Å². The summed E-state index contributed by atoms with van der Waals surface area (Å²) in [7, 11) is 0.